The van der Waals surface area contributed by atoms with Gasteiger partial charge in [0, 0.05) is 16.1 Å². The van der Waals surface area contributed by atoms with Crippen molar-refractivity contribution < 1.29 is 4.74 Å². The van der Waals surface area contributed by atoms with E-state index in [0.717, 1.165) is 22.1 Å². The molecule has 2 rings (SSSR count). The van der Waals surface area contributed by atoms with Crippen LogP contribution in [-0.2, 0) is 0 Å². The minimum atomic E-state index is 0.399. The fraction of sp³-hybridized carbons (Fsp3) is 0.647. The van der Waals surface area contributed by atoms with Crippen molar-refractivity contribution in [2.45, 2.75) is 45.1 Å². The monoisotopic (exact) mass is 339 g/mol. The fourth-order valence-corrected chi connectivity index (χ4v) is 3.86. The zero-order valence-corrected chi connectivity index (χ0v) is 14.4. The highest BCUT2D eigenvalue weighted by Gasteiger charge is 2.28. The van der Waals surface area contributed by atoms with Crippen molar-refractivity contribution >= 4 is 15.9 Å². The summed E-state index contributed by atoms with van der Waals surface area (Å²) in [6.45, 7) is 2.32. The van der Waals surface area contributed by atoms with Gasteiger partial charge in [-0.3, -0.25) is 0 Å². The Morgan fingerprint density at radius 2 is 2.00 bits per heavy atom. The molecule has 1 N–H and O–H groups in total. The summed E-state index contributed by atoms with van der Waals surface area (Å²) >= 11 is 3.52. The third-order valence-corrected chi connectivity index (χ3v) is 5.28. The first-order valence-corrected chi connectivity index (χ1v) is 8.49. The second-order valence-electron chi connectivity index (χ2n) is 5.84. The normalized spacial score (nSPS) is 24.4. The van der Waals surface area contributed by atoms with Crippen LogP contribution in [0.15, 0.2) is 22.7 Å². The van der Waals surface area contributed by atoms with Gasteiger partial charge in [0.2, 0.25) is 0 Å². The van der Waals surface area contributed by atoms with E-state index in [-0.39, 0.29) is 0 Å². The van der Waals surface area contributed by atoms with Crippen LogP contribution in [0.4, 0.5) is 0 Å². The summed E-state index contributed by atoms with van der Waals surface area (Å²) in [5.74, 6) is 2.64. The lowest BCUT2D eigenvalue weighted by Gasteiger charge is -2.34. The molecule has 20 heavy (non-hydrogen) atoms. The maximum absolute atomic E-state index is 5.57. The Balaban J connectivity index is 2.16. The molecule has 0 spiro atoms. The molecule has 0 bridgehead atoms. The predicted octanol–water partition coefficient (Wildman–Crippen LogP) is 4.93. The van der Waals surface area contributed by atoms with Gasteiger partial charge >= 0.3 is 0 Å². The summed E-state index contributed by atoms with van der Waals surface area (Å²) in [6.07, 6.45) is 6.72. The molecule has 2 nitrogen and oxygen atoms in total. The summed E-state index contributed by atoms with van der Waals surface area (Å²) in [4.78, 5) is 0. The van der Waals surface area contributed by atoms with E-state index in [1.54, 1.807) is 7.11 Å². The van der Waals surface area contributed by atoms with Crippen molar-refractivity contribution in [3.63, 3.8) is 0 Å². The number of nitrogens with one attached hydrogen (secondary N) is 1. The lowest BCUT2D eigenvalue weighted by molar-refractivity contribution is 0.221. The molecule has 1 aromatic rings. The molecule has 0 aliphatic heterocycles. The molecular weight excluding hydrogens is 314 g/mol. The van der Waals surface area contributed by atoms with Crippen molar-refractivity contribution in [1.82, 2.24) is 5.32 Å². The van der Waals surface area contributed by atoms with Crippen molar-refractivity contribution in [1.29, 1.82) is 0 Å². The number of methoxy groups -OCH3 is 1. The third kappa shape index (κ3) is 3.56. The topological polar surface area (TPSA) is 21.3 Å². The summed E-state index contributed by atoms with van der Waals surface area (Å²) in [6, 6.07) is 6.77. The van der Waals surface area contributed by atoms with Gasteiger partial charge < -0.3 is 10.1 Å². The molecule has 1 atom stereocenters. The van der Waals surface area contributed by atoms with E-state index in [1.807, 2.05) is 0 Å². The first-order valence-electron chi connectivity index (χ1n) is 7.70. The molecule has 0 radical (unpaired) electrons. The van der Waals surface area contributed by atoms with Gasteiger partial charge in [-0.1, -0.05) is 48.2 Å². The van der Waals surface area contributed by atoms with Gasteiger partial charge in [-0.15, -0.1) is 0 Å². The maximum Gasteiger partial charge on any atom is 0.124 e. The van der Waals surface area contributed by atoms with Crippen LogP contribution in [0.2, 0.25) is 0 Å². The number of ether oxygens (including phenoxy) is 1. The van der Waals surface area contributed by atoms with E-state index in [9.17, 15) is 0 Å². The molecule has 0 aromatic heterocycles. The van der Waals surface area contributed by atoms with E-state index in [0.29, 0.717) is 6.04 Å². The first-order chi connectivity index (χ1) is 9.69. The molecule has 1 fully saturated rings. The van der Waals surface area contributed by atoms with Crippen LogP contribution in [0.25, 0.3) is 0 Å². The number of hydrogen-bond donors (Lipinski definition) is 1. The van der Waals surface area contributed by atoms with E-state index >= 15 is 0 Å². The molecule has 0 amide bonds. The van der Waals surface area contributed by atoms with Gasteiger partial charge in [-0.2, -0.15) is 0 Å². The van der Waals surface area contributed by atoms with E-state index in [4.69, 9.17) is 4.74 Å². The largest absolute Gasteiger partial charge is 0.496 e. The molecule has 0 heterocycles. The van der Waals surface area contributed by atoms with Gasteiger partial charge in [0.05, 0.1) is 7.11 Å². The zero-order chi connectivity index (χ0) is 14.5. The van der Waals surface area contributed by atoms with Gasteiger partial charge in [0.25, 0.3) is 0 Å². The molecule has 112 valence electrons. The highest BCUT2D eigenvalue weighted by atomic mass is 79.9. The molecule has 1 unspecified atom stereocenters. The molecule has 1 aliphatic rings. The quantitative estimate of drug-likeness (QED) is 0.820. The Hall–Kier alpha value is -0.540. The summed E-state index contributed by atoms with van der Waals surface area (Å²) in [5, 5.41) is 3.52. The second kappa shape index (κ2) is 7.46. The van der Waals surface area contributed by atoms with Gasteiger partial charge in [0.15, 0.2) is 0 Å². The molecular formula is C17H26BrNO. The SMILES string of the molecule is CCC1CCC(C(NC)c2ccc(Br)cc2OC)CC1. The van der Waals surface area contributed by atoms with Crippen LogP contribution in [0, 0.1) is 11.8 Å². The van der Waals surface area contributed by atoms with Gasteiger partial charge in [-0.25, -0.2) is 0 Å². The lowest BCUT2D eigenvalue weighted by Crippen LogP contribution is -2.29. The van der Waals surface area contributed by atoms with Crippen LogP contribution in [-0.4, -0.2) is 14.2 Å². The smallest absolute Gasteiger partial charge is 0.124 e. The van der Waals surface area contributed by atoms with Gasteiger partial charge in [0.1, 0.15) is 5.75 Å². The summed E-state index contributed by atoms with van der Waals surface area (Å²) in [7, 11) is 3.82. The molecule has 1 aromatic carbocycles. The average Bonchev–Trinajstić information content (AvgIpc) is 2.50. The Morgan fingerprint density at radius 1 is 1.30 bits per heavy atom. The van der Waals surface area contributed by atoms with Crippen molar-refractivity contribution in [2.24, 2.45) is 11.8 Å². The Bertz CT molecular complexity index is 427. The lowest BCUT2D eigenvalue weighted by atomic mass is 9.76. The third-order valence-electron chi connectivity index (χ3n) is 4.78. The number of halogens is 1. The van der Waals surface area contributed by atoms with Crippen LogP contribution in [0.5, 0.6) is 5.75 Å². The Kier molecular flexibility index (Phi) is 5.91. The standard InChI is InChI=1S/C17H26BrNO/c1-4-12-5-7-13(8-6-12)17(19-2)15-10-9-14(18)11-16(15)20-3/h9-13,17,19H,4-8H2,1-3H3. The zero-order valence-electron chi connectivity index (χ0n) is 12.8. The predicted molar refractivity (Wildman–Crippen MR) is 88.2 cm³/mol. The van der Waals surface area contributed by atoms with Crippen LogP contribution in [0.1, 0.15) is 50.6 Å². The van der Waals surface area contributed by atoms with Gasteiger partial charge in [-0.05, 0) is 43.9 Å². The van der Waals surface area contributed by atoms with Crippen LogP contribution in [0.3, 0.4) is 0 Å². The van der Waals surface area contributed by atoms with E-state index in [1.165, 1.54) is 37.7 Å². The highest BCUT2D eigenvalue weighted by Crippen LogP contribution is 2.40. The Morgan fingerprint density at radius 3 is 2.55 bits per heavy atom. The fourth-order valence-electron chi connectivity index (χ4n) is 3.52. The minimum absolute atomic E-state index is 0.399. The number of rotatable bonds is 5. The minimum Gasteiger partial charge on any atom is -0.496 e. The second-order valence-corrected chi connectivity index (χ2v) is 6.76. The van der Waals surface area contributed by atoms with Crippen molar-refractivity contribution in [3.05, 3.63) is 28.2 Å². The molecule has 0 saturated heterocycles. The molecule has 1 saturated carbocycles. The van der Waals surface area contributed by atoms with Crippen LogP contribution >= 0.6 is 15.9 Å². The summed E-state index contributed by atoms with van der Waals surface area (Å²) in [5.41, 5.74) is 1.29. The molecule has 3 heteroatoms. The molecule has 1 aliphatic carbocycles. The van der Waals surface area contributed by atoms with E-state index in [2.05, 4.69) is 53.4 Å². The van der Waals surface area contributed by atoms with E-state index < -0.39 is 0 Å². The Labute approximate surface area is 131 Å². The van der Waals surface area contributed by atoms with Crippen LogP contribution < -0.4 is 10.1 Å². The van der Waals surface area contributed by atoms with Crippen molar-refractivity contribution in [2.75, 3.05) is 14.2 Å². The number of benzene rings is 1. The first kappa shape index (κ1) is 15.8. The van der Waals surface area contributed by atoms with Crippen molar-refractivity contribution in [3.8, 4) is 5.75 Å². The average molecular weight is 340 g/mol. The maximum atomic E-state index is 5.57. The summed E-state index contributed by atoms with van der Waals surface area (Å²) < 4.78 is 6.64. The number of hydrogen-bond acceptors (Lipinski definition) is 2. The highest BCUT2D eigenvalue weighted by molar-refractivity contribution is 9.10.